The molecular formula is C12H17BrN2O. The Morgan fingerprint density at radius 1 is 1.56 bits per heavy atom. The Morgan fingerprint density at radius 3 is 2.81 bits per heavy atom. The van der Waals surface area contributed by atoms with Gasteiger partial charge >= 0.3 is 0 Å². The van der Waals surface area contributed by atoms with Crippen molar-refractivity contribution >= 4 is 21.8 Å². The molecule has 0 aliphatic heterocycles. The third-order valence-electron chi connectivity index (χ3n) is 2.33. The first-order valence-corrected chi connectivity index (χ1v) is 6.18. The van der Waals surface area contributed by atoms with Crippen LogP contribution in [0.4, 0.5) is 0 Å². The SMILES string of the molecule is CCCC(C)(C)NC(=O)c1cccnc1Br. The Morgan fingerprint density at radius 2 is 2.25 bits per heavy atom. The maximum absolute atomic E-state index is 12.0. The van der Waals surface area contributed by atoms with Crippen molar-refractivity contribution in [2.24, 2.45) is 0 Å². The van der Waals surface area contributed by atoms with Crippen LogP contribution in [0.1, 0.15) is 44.0 Å². The predicted molar refractivity (Wildman–Crippen MR) is 68.4 cm³/mol. The van der Waals surface area contributed by atoms with Gasteiger partial charge in [-0.1, -0.05) is 13.3 Å². The largest absolute Gasteiger partial charge is 0.347 e. The van der Waals surface area contributed by atoms with Gasteiger partial charge in [0.25, 0.3) is 5.91 Å². The van der Waals surface area contributed by atoms with Crippen LogP contribution >= 0.6 is 15.9 Å². The number of carbonyl (C=O) groups excluding carboxylic acids is 1. The van der Waals surface area contributed by atoms with Crippen molar-refractivity contribution in [3.63, 3.8) is 0 Å². The lowest BCUT2D eigenvalue weighted by molar-refractivity contribution is 0.0908. The molecule has 0 aromatic carbocycles. The van der Waals surface area contributed by atoms with E-state index >= 15 is 0 Å². The number of pyridine rings is 1. The summed E-state index contributed by atoms with van der Waals surface area (Å²) in [5, 5.41) is 3.01. The molecule has 0 radical (unpaired) electrons. The summed E-state index contributed by atoms with van der Waals surface area (Å²) in [6.45, 7) is 6.16. The second-order valence-corrected chi connectivity index (χ2v) is 5.18. The van der Waals surface area contributed by atoms with E-state index in [2.05, 4.69) is 33.2 Å². The molecule has 88 valence electrons. The number of hydrogen-bond acceptors (Lipinski definition) is 2. The fraction of sp³-hybridized carbons (Fsp3) is 0.500. The molecule has 1 amide bonds. The topological polar surface area (TPSA) is 42.0 Å². The van der Waals surface area contributed by atoms with E-state index in [1.165, 1.54) is 0 Å². The lowest BCUT2D eigenvalue weighted by Gasteiger charge is -2.25. The van der Waals surface area contributed by atoms with Gasteiger partial charge in [-0.3, -0.25) is 4.79 Å². The Balaban J connectivity index is 2.77. The van der Waals surface area contributed by atoms with Crippen LogP contribution in [0.25, 0.3) is 0 Å². The molecule has 16 heavy (non-hydrogen) atoms. The molecule has 1 aromatic rings. The molecule has 1 rings (SSSR count). The van der Waals surface area contributed by atoms with Crippen molar-refractivity contribution in [1.29, 1.82) is 0 Å². The lowest BCUT2D eigenvalue weighted by atomic mass is 9.98. The second-order valence-electron chi connectivity index (χ2n) is 4.43. The van der Waals surface area contributed by atoms with Gasteiger partial charge < -0.3 is 5.32 Å². The quantitative estimate of drug-likeness (QED) is 0.863. The van der Waals surface area contributed by atoms with E-state index in [1.54, 1.807) is 18.3 Å². The summed E-state index contributed by atoms with van der Waals surface area (Å²) >= 11 is 3.27. The zero-order valence-corrected chi connectivity index (χ0v) is 11.5. The van der Waals surface area contributed by atoms with Gasteiger partial charge in [-0.2, -0.15) is 0 Å². The van der Waals surface area contributed by atoms with Crippen molar-refractivity contribution in [3.8, 4) is 0 Å². The normalized spacial score (nSPS) is 11.2. The van der Waals surface area contributed by atoms with Gasteiger partial charge in [-0.05, 0) is 48.3 Å². The molecule has 0 aliphatic rings. The van der Waals surface area contributed by atoms with Crippen LogP contribution in [0.3, 0.4) is 0 Å². The Labute approximate surface area is 105 Å². The number of nitrogens with zero attached hydrogens (tertiary/aromatic N) is 1. The smallest absolute Gasteiger partial charge is 0.254 e. The van der Waals surface area contributed by atoms with Crippen LogP contribution < -0.4 is 5.32 Å². The second kappa shape index (κ2) is 5.43. The van der Waals surface area contributed by atoms with Gasteiger partial charge in [0.2, 0.25) is 0 Å². The molecule has 0 saturated carbocycles. The molecule has 4 heteroatoms. The monoisotopic (exact) mass is 284 g/mol. The summed E-state index contributed by atoms with van der Waals surface area (Å²) in [4.78, 5) is 16.0. The van der Waals surface area contributed by atoms with Gasteiger partial charge in [0.15, 0.2) is 0 Å². The molecule has 1 heterocycles. The van der Waals surface area contributed by atoms with E-state index in [4.69, 9.17) is 0 Å². The highest BCUT2D eigenvalue weighted by atomic mass is 79.9. The molecule has 0 fully saturated rings. The van der Waals surface area contributed by atoms with Crippen LogP contribution in [-0.4, -0.2) is 16.4 Å². The highest BCUT2D eigenvalue weighted by Gasteiger charge is 2.21. The average Bonchev–Trinajstić information content (AvgIpc) is 2.17. The van der Waals surface area contributed by atoms with Crippen LogP contribution in [-0.2, 0) is 0 Å². The number of rotatable bonds is 4. The first kappa shape index (κ1) is 13.2. The van der Waals surface area contributed by atoms with Crippen molar-refractivity contribution in [2.75, 3.05) is 0 Å². The van der Waals surface area contributed by atoms with Gasteiger partial charge in [0.05, 0.1) is 5.56 Å². The molecule has 0 bridgehead atoms. The van der Waals surface area contributed by atoms with E-state index in [-0.39, 0.29) is 11.4 Å². The Bertz CT molecular complexity index is 377. The predicted octanol–water partition coefficient (Wildman–Crippen LogP) is 3.15. The first-order chi connectivity index (χ1) is 7.46. The van der Waals surface area contributed by atoms with E-state index in [0.29, 0.717) is 10.2 Å². The minimum absolute atomic E-state index is 0.0848. The number of carbonyl (C=O) groups is 1. The summed E-state index contributed by atoms with van der Waals surface area (Å²) in [5.41, 5.74) is 0.396. The van der Waals surface area contributed by atoms with Crippen LogP contribution in [0.5, 0.6) is 0 Å². The van der Waals surface area contributed by atoms with E-state index in [0.717, 1.165) is 12.8 Å². The molecule has 1 N–H and O–H groups in total. The highest BCUT2D eigenvalue weighted by Crippen LogP contribution is 2.16. The number of halogens is 1. The molecule has 0 atom stereocenters. The van der Waals surface area contributed by atoms with Crippen LogP contribution in [0.15, 0.2) is 22.9 Å². The third-order valence-corrected chi connectivity index (χ3v) is 2.96. The summed E-state index contributed by atoms with van der Waals surface area (Å²) in [5.74, 6) is -0.0848. The van der Waals surface area contributed by atoms with E-state index in [9.17, 15) is 4.79 Å². The van der Waals surface area contributed by atoms with Crippen molar-refractivity contribution in [3.05, 3.63) is 28.5 Å². The minimum atomic E-state index is -0.179. The summed E-state index contributed by atoms with van der Waals surface area (Å²) < 4.78 is 0.583. The van der Waals surface area contributed by atoms with Gasteiger partial charge in [-0.15, -0.1) is 0 Å². The molecule has 1 aromatic heterocycles. The molecule has 0 saturated heterocycles. The van der Waals surface area contributed by atoms with Gasteiger partial charge in [0, 0.05) is 11.7 Å². The summed E-state index contributed by atoms with van der Waals surface area (Å²) in [6, 6.07) is 3.51. The van der Waals surface area contributed by atoms with Gasteiger partial charge in [-0.25, -0.2) is 4.98 Å². The molecule has 3 nitrogen and oxygen atoms in total. The first-order valence-electron chi connectivity index (χ1n) is 5.39. The van der Waals surface area contributed by atoms with Crippen molar-refractivity contribution < 1.29 is 4.79 Å². The van der Waals surface area contributed by atoms with E-state index in [1.807, 2.05) is 13.8 Å². The standard InChI is InChI=1S/C12H17BrN2O/c1-4-7-12(2,3)15-11(16)9-6-5-8-14-10(9)13/h5-6,8H,4,7H2,1-3H3,(H,15,16). The molecule has 0 spiro atoms. The minimum Gasteiger partial charge on any atom is -0.347 e. The zero-order valence-electron chi connectivity index (χ0n) is 9.88. The van der Waals surface area contributed by atoms with Crippen LogP contribution in [0, 0.1) is 0 Å². The molecular weight excluding hydrogens is 268 g/mol. The zero-order chi connectivity index (χ0) is 12.2. The number of aromatic nitrogens is 1. The summed E-state index contributed by atoms with van der Waals surface area (Å²) in [7, 11) is 0. The number of nitrogens with one attached hydrogen (secondary N) is 1. The average molecular weight is 285 g/mol. The van der Waals surface area contributed by atoms with Crippen molar-refractivity contribution in [2.45, 2.75) is 39.2 Å². The van der Waals surface area contributed by atoms with Gasteiger partial charge in [0.1, 0.15) is 4.60 Å². The fourth-order valence-corrected chi connectivity index (χ4v) is 2.05. The lowest BCUT2D eigenvalue weighted by Crippen LogP contribution is -2.43. The number of amides is 1. The fourth-order valence-electron chi connectivity index (χ4n) is 1.62. The summed E-state index contributed by atoms with van der Waals surface area (Å²) in [6.07, 6.45) is 3.65. The van der Waals surface area contributed by atoms with Crippen LogP contribution in [0.2, 0.25) is 0 Å². The maximum atomic E-state index is 12.0. The molecule has 0 aliphatic carbocycles. The Hall–Kier alpha value is -0.900. The number of hydrogen-bond donors (Lipinski definition) is 1. The highest BCUT2D eigenvalue weighted by molar-refractivity contribution is 9.10. The van der Waals surface area contributed by atoms with Crippen molar-refractivity contribution in [1.82, 2.24) is 10.3 Å². The third kappa shape index (κ3) is 3.59. The Kier molecular flexibility index (Phi) is 4.47. The van der Waals surface area contributed by atoms with E-state index < -0.39 is 0 Å². The molecule has 0 unspecified atom stereocenters. The maximum Gasteiger partial charge on any atom is 0.254 e.